The van der Waals surface area contributed by atoms with E-state index in [4.69, 9.17) is 17.3 Å². The summed E-state index contributed by atoms with van der Waals surface area (Å²) in [5.41, 5.74) is 7.10. The highest BCUT2D eigenvalue weighted by atomic mass is 35.5. The topological polar surface area (TPSA) is 43.8 Å². The van der Waals surface area contributed by atoms with E-state index in [0.717, 1.165) is 18.7 Å². The standard InChI is InChI=1S/C11H14ClN3S/c1-2-15-11(9(12)7-14-15)10(13)6-8-4-3-5-16-8/h3-5,7,10H,2,6,13H2,1H3. The maximum absolute atomic E-state index is 6.17. The molecule has 0 aliphatic carbocycles. The number of hydrogen-bond acceptors (Lipinski definition) is 3. The van der Waals surface area contributed by atoms with Gasteiger partial charge in [0.05, 0.1) is 23.0 Å². The summed E-state index contributed by atoms with van der Waals surface area (Å²) in [6.07, 6.45) is 2.47. The molecule has 2 aromatic rings. The van der Waals surface area contributed by atoms with Gasteiger partial charge in [0.15, 0.2) is 0 Å². The summed E-state index contributed by atoms with van der Waals surface area (Å²) in [4.78, 5) is 1.27. The van der Waals surface area contributed by atoms with Crippen LogP contribution in [-0.2, 0) is 13.0 Å². The molecule has 1 atom stereocenters. The highest BCUT2D eigenvalue weighted by Crippen LogP contribution is 2.25. The lowest BCUT2D eigenvalue weighted by Gasteiger charge is -2.13. The van der Waals surface area contributed by atoms with Crippen molar-refractivity contribution in [1.82, 2.24) is 9.78 Å². The first-order chi connectivity index (χ1) is 7.72. The monoisotopic (exact) mass is 255 g/mol. The third kappa shape index (κ3) is 2.29. The lowest BCUT2D eigenvalue weighted by atomic mass is 10.1. The van der Waals surface area contributed by atoms with E-state index in [0.29, 0.717) is 5.02 Å². The first-order valence-electron chi connectivity index (χ1n) is 5.21. The van der Waals surface area contributed by atoms with Crippen LogP contribution in [-0.4, -0.2) is 9.78 Å². The molecule has 2 heterocycles. The molecule has 0 saturated carbocycles. The molecule has 0 aromatic carbocycles. The number of hydrogen-bond donors (Lipinski definition) is 1. The Kier molecular flexibility index (Phi) is 3.63. The lowest BCUT2D eigenvalue weighted by molar-refractivity contribution is 0.570. The molecule has 0 spiro atoms. The van der Waals surface area contributed by atoms with Crippen molar-refractivity contribution in [1.29, 1.82) is 0 Å². The Bertz CT molecular complexity index is 450. The Hall–Kier alpha value is -0.840. The van der Waals surface area contributed by atoms with E-state index < -0.39 is 0 Å². The van der Waals surface area contributed by atoms with Gasteiger partial charge >= 0.3 is 0 Å². The van der Waals surface area contributed by atoms with Crippen LogP contribution in [0.5, 0.6) is 0 Å². The maximum atomic E-state index is 6.17. The SMILES string of the molecule is CCn1ncc(Cl)c1C(N)Cc1cccs1. The van der Waals surface area contributed by atoms with Crippen molar-refractivity contribution in [2.45, 2.75) is 25.9 Å². The molecule has 0 fully saturated rings. The van der Waals surface area contributed by atoms with Crippen LogP contribution < -0.4 is 5.73 Å². The number of halogens is 1. The van der Waals surface area contributed by atoms with Crippen molar-refractivity contribution in [3.8, 4) is 0 Å². The summed E-state index contributed by atoms with van der Waals surface area (Å²) in [6, 6.07) is 4.03. The number of thiophene rings is 1. The minimum Gasteiger partial charge on any atom is -0.322 e. The quantitative estimate of drug-likeness (QED) is 0.913. The van der Waals surface area contributed by atoms with Gasteiger partial charge in [0.25, 0.3) is 0 Å². The largest absolute Gasteiger partial charge is 0.322 e. The van der Waals surface area contributed by atoms with Gasteiger partial charge in [-0.1, -0.05) is 17.7 Å². The van der Waals surface area contributed by atoms with E-state index in [9.17, 15) is 0 Å². The molecule has 0 aliphatic heterocycles. The van der Waals surface area contributed by atoms with Crippen LogP contribution in [0, 0.1) is 0 Å². The first-order valence-corrected chi connectivity index (χ1v) is 6.47. The Morgan fingerprint density at radius 1 is 1.62 bits per heavy atom. The average molecular weight is 256 g/mol. The van der Waals surface area contributed by atoms with Gasteiger partial charge in [-0.15, -0.1) is 11.3 Å². The molecule has 0 aliphatic rings. The fourth-order valence-electron chi connectivity index (χ4n) is 1.73. The molecule has 0 radical (unpaired) electrons. The summed E-state index contributed by atoms with van der Waals surface area (Å²) in [6.45, 7) is 2.82. The van der Waals surface area contributed by atoms with Crippen LogP contribution in [0.4, 0.5) is 0 Å². The van der Waals surface area contributed by atoms with Crippen LogP contribution in [0.2, 0.25) is 5.02 Å². The van der Waals surface area contributed by atoms with E-state index in [-0.39, 0.29) is 6.04 Å². The molecule has 0 saturated heterocycles. The summed E-state index contributed by atoms with van der Waals surface area (Å²) in [5.74, 6) is 0. The normalized spacial score (nSPS) is 12.9. The Balaban J connectivity index is 2.20. The minimum atomic E-state index is -0.0893. The van der Waals surface area contributed by atoms with Crippen molar-refractivity contribution < 1.29 is 0 Å². The fraction of sp³-hybridized carbons (Fsp3) is 0.364. The molecule has 0 bridgehead atoms. The molecule has 5 heteroatoms. The van der Waals surface area contributed by atoms with Gasteiger partial charge in [-0.3, -0.25) is 4.68 Å². The smallest absolute Gasteiger partial charge is 0.0834 e. The zero-order valence-electron chi connectivity index (χ0n) is 9.06. The van der Waals surface area contributed by atoms with E-state index in [1.54, 1.807) is 17.5 Å². The lowest BCUT2D eigenvalue weighted by Crippen LogP contribution is -2.18. The highest BCUT2D eigenvalue weighted by molar-refractivity contribution is 7.09. The van der Waals surface area contributed by atoms with Crippen molar-refractivity contribution in [2.75, 3.05) is 0 Å². The maximum Gasteiger partial charge on any atom is 0.0834 e. The van der Waals surface area contributed by atoms with Crippen LogP contribution in [0.25, 0.3) is 0 Å². The first kappa shape index (κ1) is 11.6. The van der Waals surface area contributed by atoms with Crippen molar-refractivity contribution >= 4 is 22.9 Å². The third-order valence-corrected chi connectivity index (χ3v) is 3.68. The molecule has 86 valence electrons. The van der Waals surface area contributed by atoms with Crippen LogP contribution in [0.3, 0.4) is 0 Å². The van der Waals surface area contributed by atoms with Crippen LogP contribution in [0.1, 0.15) is 23.5 Å². The summed E-state index contributed by atoms with van der Waals surface area (Å²) < 4.78 is 1.86. The Morgan fingerprint density at radius 3 is 3.06 bits per heavy atom. The highest BCUT2D eigenvalue weighted by Gasteiger charge is 2.16. The zero-order valence-corrected chi connectivity index (χ0v) is 10.6. The minimum absolute atomic E-state index is 0.0893. The molecule has 16 heavy (non-hydrogen) atoms. The average Bonchev–Trinajstić information content (AvgIpc) is 2.87. The number of aryl methyl sites for hydroxylation is 1. The number of nitrogens with two attached hydrogens (primary N) is 1. The summed E-state index contributed by atoms with van der Waals surface area (Å²) >= 11 is 7.81. The van der Waals surface area contributed by atoms with E-state index in [1.807, 2.05) is 17.7 Å². The van der Waals surface area contributed by atoms with Crippen molar-refractivity contribution in [3.05, 3.63) is 39.3 Å². The van der Waals surface area contributed by atoms with Gasteiger partial charge in [0.1, 0.15) is 0 Å². The molecule has 2 N–H and O–H groups in total. The molecule has 2 aromatic heterocycles. The van der Waals surface area contributed by atoms with Gasteiger partial charge in [-0.25, -0.2) is 0 Å². The predicted octanol–water partition coefficient (Wildman–Crippen LogP) is 2.86. The van der Waals surface area contributed by atoms with E-state index in [2.05, 4.69) is 16.5 Å². The second-order valence-electron chi connectivity index (χ2n) is 3.58. The second kappa shape index (κ2) is 4.99. The molecule has 2 rings (SSSR count). The Labute approximate surface area is 104 Å². The summed E-state index contributed by atoms with van der Waals surface area (Å²) in [5, 5.41) is 6.91. The summed E-state index contributed by atoms with van der Waals surface area (Å²) in [7, 11) is 0. The molecular formula is C11H14ClN3S. The van der Waals surface area contributed by atoms with Crippen molar-refractivity contribution in [2.24, 2.45) is 5.73 Å². The molecule has 0 amide bonds. The number of aromatic nitrogens is 2. The molecule has 3 nitrogen and oxygen atoms in total. The molecular weight excluding hydrogens is 242 g/mol. The fourth-order valence-corrected chi connectivity index (χ4v) is 2.78. The van der Waals surface area contributed by atoms with E-state index in [1.165, 1.54) is 4.88 Å². The predicted molar refractivity (Wildman–Crippen MR) is 67.9 cm³/mol. The van der Waals surface area contributed by atoms with Gasteiger partial charge in [0.2, 0.25) is 0 Å². The number of rotatable bonds is 4. The molecule has 1 unspecified atom stereocenters. The van der Waals surface area contributed by atoms with Gasteiger partial charge in [-0.2, -0.15) is 5.10 Å². The van der Waals surface area contributed by atoms with Crippen LogP contribution >= 0.6 is 22.9 Å². The third-order valence-electron chi connectivity index (χ3n) is 2.49. The Morgan fingerprint density at radius 2 is 2.44 bits per heavy atom. The van der Waals surface area contributed by atoms with Gasteiger partial charge in [-0.05, 0) is 18.4 Å². The zero-order chi connectivity index (χ0) is 11.5. The van der Waals surface area contributed by atoms with Gasteiger partial charge in [0, 0.05) is 17.8 Å². The van der Waals surface area contributed by atoms with Gasteiger partial charge < -0.3 is 5.73 Å². The van der Waals surface area contributed by atoms with Crippen molar-refractivity contribution in [3.63, 3.8) is 0 Å². The van der Waals surface area contributed by atoms with E-state index >= 15 is 0 Å². The van der Waals surface area contributed by atoms with Crippen LogP contribution in [0.15, 0.2) is 23.7 Å². The number of nitrogens with zero attached hydrogens (tertiary/aromatic N) is 2. The second-order valence-corrected chi connectivity index (χ2v) is 5.02.